The number of phosphoric ester groups is 1. The Hall–Kier alpha value is -1.99. The summed E-state index contributed by atoms with van der Waals surface area (Å²) >= 11 is 0. The van der Waals surface area contributed by atoms with E-state index in [1.807, 2.05) is 0 Å². The molecule has 0 heterocycles. The number of hydrogen-bond acceptors (Lipinski definition) is 7. The van der Waals surface area contributed by atoms with Crippen LogP contribution in [-0.2, 0) is 32.7 Å². The summed E-state index contributed by atoms with van der Waals surface area (Å²) in [4.78, 5) is 34.3. The standard InChI is InChI=1S/C42H75O8P/c1-4-6-8-10-12-14-15-16-17-18-19-20-21-22-23-24-25-26-27-29-31-33-35-37-42(44)50-40(39-49-51(45,46)47-3)38-48-41(43)36-34-32-30-28-13-11-9-7-5-2/h6,8,12,14,16-17,19-20,40H,4-5,7,9-11,13,15,18,21-39H2,1-3H3,(H,45,46)/b8-6-,14-12-,17-16-,20-19-. The first-order valence-corrected chi connectivity index (χ1v) is 21.8. The number of phosphoric acid groups is 1. The van der Waals surface area contributed by atoms with Crippen LogP contribution in [0.15, 0.2) is 48.6 Å². The molecule has 0 aliphatic rings. The molecule has 0 aliphatic carbocycles. The van der Waals surface area contributed by atoms with Gasteiger partial charge in [0.1, 0.15) is 6.61 Å². The molecule has 2 atom stereocenters. The molecule has 0 aromatic rings. The zero-order valence-electron chi connectivity index (χ0n) is 32.7. The fraction of sp³-hybridized carbons (Fsp3) is 0.762. The third-order valence-corrected chi connectivity index (χ3v) is 9.52. The van der Waals surface area contributed by atoms with Gasteiger partial charge >= 0.3 is 19.8 Å². The van der Waals surface area contributed by atoms with Crippen molar-refractivity contribution in [1.29, 1.82) is 0 Å². The second-order valence-corrected chi connectivity index (χ2v) is 15.0. The van der Waals surface area contributed by atoms with Crippen LogP contribution in [0.5, 0.6) is 0 Å². The van der Waals surface area contributed by atoms with Gasteiger partial charge in [0.2, 0.25) is 0 Å². The highest BCUT2D eigenvalue weighted by Gasteiger charge is 2.24. The Morgan fingerprint density at radius 1 is 0.569 bits per heavy atom. The summed E-state index contributed by atoms with van der Waals surface area (Å²) in [7, 11) is -3.20. The number of carbonyl (C=O) groups is 2. The summed E-state index contributed by atoms with van der Waals surface area (Å²) in [5, 5.41) is 0. The lowest BCUT2D eigenvalue weighted by molar-refractivity contribution is -0.161. The van der Waals surface area contributed by atoms with E-state index in [1.165, 1.54) is 77.0 Å². The molecule has 51 heavy (non-hydrogen) atoms. The molecular weight excluding hydrogens is 663 g/mol. The van der Waals surface area contributed by atoms with Crippen molar-refractivity contribution in [1.82, 2.24) is 0 Å². The number of carbonyl (C=O) groups excluding carboxylic acids is 2. The summed E-state index contributed by atoms with van der Waals surface area (Å²) in [6.45, 7) is 3.74. The van der Waals surface area contributed by atoms with Crippen LogP contribution in [0.3, 0.4) is 0 Å². The molecule has 2 unspecified atom stereocenters. The van der Waals surface area contributed by atoms with Crippen molar-refractivity contribution in [3.63, 3.8) is 0 Å². The van der Waals surface area contributed by atoms with Gasteiger partial charge in [-0.05, 0) is 51.4 Å². The van der Waals surface area contributed by atoms with Crippen LogP contribution >= 0.6 is 7.82 Å². The lowest BCUT2D eigenvalue weighted by Crippen LogP contribution is -2.29. The van der Waals surface area contributed by atoms with Gasteiger partial charge in [-0.2, -0.15) is 0 Å². The van der Waals surface area contributed by atoms with E-state index < -0.39 is 26.5 Å². The molecular formula is C42H75O8P. The summed E-state index contributed by atoms with van der Waals surface area (Å²) in [5.41, 5.74) is 0. The van der Waals surface area contributed by atoms with Gasteiger partial charge in [-0.25, -0.2) is 4.57 Å². The first kappa shape index (κ1) is 49.0. The molecule has 0 aliphatic heterocycles. The predicted octanol–water partition coefficient (Wildman–Crippen LogP) is 12.6. The SMILES string of the molecule is CC/C=C\C/C=C\C/C=C\C/C=C\CCCCCCCCCCCCC(=O)OC(COC(=O)CCCCCCCCCCC)COP(=O)(O)OC. The van der Waals surface area contributed by atoms with E-state index in [0.29, 0.717) is 12.8 Å². The Labute approximate surface area is 312 Å². The zero-order valence-corrected chi connectivity index (χ0v) is 33.6. The van der Waals surface area contributed by atoms with Gasteiger partial charge < -0.3 is 14.4 Å². The van der Waals surface area contributed by atoms with Crippen molar-refractivity contribution in [2.75, 3.05) is 20.3 Å². The summed E-state index contributed by atoms with van der Waals surface area (Å²) in [6.07, 6.45) is 44.6. The Balaban J connectivity index is 3.94. The van der Waals surface area contributed by atoms with E-state index in [1.54, 1.807) is 0 Å². The number of hydrogen-bond donors (Lipinski definition) is 1. The smallest absolute Gasteiger partial charge is 0.462 e. The molecule has 9 heteroatoms. The average Bonchev–Trinajstić information content (AvgIpc) is 3.12. The van der Waals surface area contributed by atoms with Crippen LogP contribution < -0.4 is 0 Å². The van der Waals surface area contributed by atoms with Gasteiger partial charge in [-0.15, -0.1) is 0 Å². The largest absolute Gasteiger partial charge is 0.472 e. The van der Waals surface area contributed by atoms with E-state index in [0.717, 1.165) is 77.7 Å². The number of unbranched alkanes of at least 4 members (excludes halogenated alkanes) is 18. The van der Waals surface area contributed by atoms with Gasteiger partial charge in [0.05, 0.1) is 6.61 Å². The molecule has 8 nitrogen and oxygen atoms in total. The number of esters is 2. The molecule has 296 valence electrons. The third-order valence-electron chi connectivity index (χ3n) is 8.59. The van der Waals surface area contributed by atoms with Gasteiger partial charge in [0, 0.05) is 20.0 Å². The van der Waals surface area contributed by atoms with Crippen molar-refractivity contribution in [3.05, 3.63) is 48.6 Å². The lowest BCUT2D eigenvalue weighted by atomic mass is 10.0. The van der Waals surface area contributed by atoms with Crippen molar-refractivity contribution >= 4 is 19.8 Å². The number of rotatable bonds is 37. The molecule has 0 saturated heterocycles. The molecule has 0 rings (SSSR count). The highest BCUT2D eigenvalue weighted by molar-refractivity contribution is 7.47. The highest BCUT2D eigenvalue weighted by atomic mass is 31.2. The topological polar surface area (TPSA) is 108 Å². The number of ether oxygens (including phenoxy) is 2. The van der Waals surface area contributed by atoms with E-state index >= 15 is 0 Å². The van der Waals surface area contributed by atoms with Crippen LogP contribution in [0.25, 0.3) is 0 Å². The molecule has 0 saturated carbocycles. The van der Waals surface area contributed by atoms with E-state index in [-0.39, 0.29) is 19.0 Å². The molecule has 1 N–H and O–H groups in total. The average molecular weight is 739 g/mol. The fourth-order valence-corrected chi connectivity index (χ4v) is 5.93. The minimum atomic E-state index is -4.26. The van der Waals surface area contributed by atoms with E-state index in [4.69, 9.17) is 14.0 Å². The molecule has 0 bridgehead atoms. The molecule has 0 aromatic heterocycles. The van der Waals surface area contributed by atoms with Crippen LogP contribution in [-0.4, -0.2) is 43.3 Å². The van der Waals surface area contributed by atoms with Crippen molar-refractivity contribution in [2.45, 2.75) is 187 Å². The normalized spacial score (nSPS) is 13.9. The van der Waals surface area contributed by atoms with Gasteiger partial charge in [-0.3, -0.25) is 18.6 Å². The molecule has 0 amide bonds. The summed E-state index contributed by atoms with van der Waals surface area (Å²) < 4.78 is 31.9. The Kier molecular flexibility index (Phi) is 36.3. The van der Waals surface area contributed by atoms with Gasteiger partial charge in [0.15, 0.2) is 6.10 Å². The maximum atomic E-state index is 12.5. The first-order chi connectivity index (χ1) is 24.8. The quantitative estimate of drug-likeness (QED) is 0.0290. The van der Waals surface area contributed by atoms with E-state index in [9.17, 15) is 19.0 Å². The van der Waals surface area contributed by atoms with Gasteiger partial charge in [-0.1, -0.05) is 165 Å². The monoisotopic (exact) mass is 739 g/mol. The lowest BCUT2D eigenvalue weighted by Gasteiger charge is -2.19. The minimum Gasteiger partial charge on any atom is -0.462 e. The van der Waals surface area contributed by atoms with Crippen LogP contribution in [0.2, 0.25) is 0 Å². The molecule has 0 fully saturated rings. The van der Waals surface area contributed by atoms with Crippen molar-refractivity contribution in [3.8, 4) is 0 Å². The minimum absolute atomic E-state index is 0.226. The van der Waals surface area contributed by atoms with Crippen LogP contribution in [0.4, 0.5) is 0 Å². The Morgan fingerprint density at radius 2 is 1.00 bits per heavy atom. The third kappa shape index (κ3) is 37.6. The first-order valence-electron chi connectivity index (χ1n) is 20.3. The van der Waals surface area contributed by atoms with Crippen LogP contribution in [0.1, 0.15) is 181 Å². The second-order valence-electron chi connectivity index (χ2n) is 13.4. The predicted molar refractivity (Wildman–Crippen MR) is 212 cm³/mol. The maximum Gasteiger partial charge on any atom is 0.472 e. The molecule has 0 aromatic carbocycles. The number of allylic oxidation sites excluding steroid dienone is 8. The summed E-state index contributed by atoms with van der Waals surface area (Å²) in [5.74, 6) is -0.811. The van der Waals surface area contributed by atoms with Gasteiger partial charge in [0.25, 0.3) is 0 Å². The second kappa shape index (κ2) is 37.8. The Morgan fingerprint density at radius 3 is 1.49 bits per heavy atom. The maximum absolute atomic E-state index is 12.5. The van der Waals surface area contributed by atoms with E-state index in [2.05, 4.69) is 67.0 Å². The van der Waals surface area contributed by atoms with Crippen molar-refractivity contribution in [2.24, 2.45) is 0 Å². The van der Waals surface area contributed by atoms with Crippen molar-refractivity contribution < 1.29 is 37.6 Å². The molecule has 0 radical (unpaired) electrons. The molecule has 0 spiro atoms. The summed E-state index contributed by atoms with van der Waals surface area (Å²) in [6, 6.07) is 0. The van der Waals surface area contributed by atoms with Crippen LogP contribution in [0, 0.1) is 0 Å². The fourth-order valence-electron chi connectivity index (χ4n) is 5.47. The highest BCUT2D eigenvalue weighted by Crippen LogP contribution is 2.42. The Bertz CT molecular complexity index is 974. The zero-order chi connectivity index (χ0) is 37.5.